The molecule has 4 rings (SSSR count). The third kappa shape index (κ3) is 4.00. The molecule has 0 aliphatic carbocycles. The summed E-state index contributed by atoms with van der Waals surface area (Å²) < 4.78 is 5.37. The molecule has 4 aromatic rings. The highest BCUT2D eigenvalue weighted by Crippen LogP contribution is 2.28. The highest BCUT2D eigenvalue weighted by molar-refractivity contribution is 5.91. The van der Waals surface area contributed by atoms with Gasteiger partial charge < -0.3 is 9.64 Å². The van der Waals surface area contributed by atoms with Gasteiger partial charge in [-0.2, -0.15) is 0 Å². The molecule has 2 heterocycles. The number of anilines is 1. The summed E-state index contributed by atoms with van der Waals surface area (Å²) >= 11 is 0. The van der Waals surface area contributed by atoms with E-state index in [4.69, 9.17) is 14.7 Å². The summed E-state index contributed by atoms with van der Waals surface area (Å²) in [4.78, 5) is 16.1. The SMILES string of the molecule is COCCN(Cc1ccccc1)c1nc(-c2ccncc2)nc2ccccc12. The standard InChI is InChI=1S/C23H22N4O/c1-28-16-15-27(17-18-7-3-2-4-8-18)23-20-9-5-6-10-21(20)25-22(26-23)19-11-13-24-14-12-19/h2-14H,15-17H2,1H3. The minimum Gasteiger partial charge on any atom is -0.383 e. The number of aromatic nitrogens is 3. The van der Waals surface area contributed by atoms with Crippen molar-refractivity contribution in [2.45, 2.75) is 6.54 Å². The fourth-order valence-electron chi connectivity index (χ4n) is 3.20. The van der Waals surface area contributed by atoms with Crippen LogP contribution in [0.3, 0.4) is 0 Å². The van der Waals surface area contributed by atoms with E-state index in [9.17, 15) is 0 Å². The number of hydrogen-bond acceptors (Lipinski definition) is 5. The first kappa shape index (κ1) is 18.1. The summed E-state index contributed by atoms with van der Waals surface area (Å²) in [7, 11) is 1.72. The summed E-state index contributed by atoms with van der Waals surface area (Å²) in [6.07, 6.45) is 3.53. The van der Waals surface area contributed by atoms with E-state index in [0.29, 0.717) is 12.4 Å². The molecule has 0 spiro atoms. The number of pyridine rings is 1. The quantitative estimate of drug-likeness (QED) is 0.484. The van der Waals surface area contributed by atoms with Crippen LogP contribution in [-0.2, 0) is 11.3 Å². The first-order valence-electron chi connectivity index (χ1n) is 9.30. The molecule has 0 unspecified atom stereocenters. The monoisotopic (exact) mass is 370 g/mol. The van der Waals surface area contributed by atoms with Crippen molar-refractivity contribution in [3.8, 4) is 11.4 Å². The van der Waals surface area contributed by atoms with Gasteiger partial charge in [0.1, 0.15) is 5.82 Å². The maximum atomic E-state index is 5.37. The lowest BCUT2D eigenvalue weighted by Crippen LogP contribution is -2.28. The average molecular weight is 370 g/mol. The fraction of sp³-hybridized carbons (Fsp3) is 0.174. The van der Waals surface area contributed by atoms with E-state index in [1.54, 1.807) is 19.5 Å². The lowest BCUT2D eigenvalue weighted by atomic mass is 10.1. The summed E-state index contributed by atoms with van der Waals surface area (Å²) in [6.45, 7) is 2.11. The summed E-state index contributed by atoms with van der Waals surface area (Å²) in [5, 5.41) is 1.03. The van der Waals surface area contributed by atoms with Crippen LogP contribution in [0.5, 0.6) is 0 Å². The highest BCUT2D eigenvalue weighted by Gasteiger charge is 2.16. The van der Waals surface area contributed by atoms with Gasteiger partial charge in [0.25, 0.3) is 0 Å². The Hall–Kier alpha value is -3.31. The van der Waals surface area contributed by atoms with Gasteiger partial charge >= 0.3 is 0 Å². The van der Waals surface area contributed by atoms with Gasteiger partial charge in [-0.15, -0.1) is 0 Å². The Morgan fingerprint density at radius 3 is 2.39 bits per heavy atom. The van der Waals surface area contributed by atoms with Crippen molar-refractivity contribution in [1.82, 2.24) is 15.0 Å². The molecule has 0 atom stereocenters. The van der Waals surface area contributed by atoms with Crippen LogP contribution in [0.4, 0.5) is 5.82 Å². The molecule has 0 amide bonds. The largest absolute Gasteiger partial charge is 0.383 e. The molecule has 5 nitrogen and oxygen atoms in total. The smallest absolute Gasteiger partial charge is 0.162 e. The molecule has 0 radical (unpaired) electrons. The molecule has 0 saturated heterocycles. The van der Waals surface area contributed by atoms with Crippen LogP contribution in [0.15, 0.2) is 79.1 Å². The van der Waals surface area contributed by atoms with E-state index in [1.165, 1.54) is 5.56 Å². The van der Waals surface area contributed by atoms with Crippen molar-refractivity contribution in [2.75, 3.05) is 25.2 Å². The molecule has 0 aliphatic rings. The van der Waals surface area contributed by atoms with Crippen LogP contribution in [-0.4, -0.2) is 35.2 Å². The molecule has 0 N–H and O–H groups in total. The van der Waals surface area contributed by atoms with Gasteiger partial charge in [0.2, 0.25) is 0 Å². The lowest BCUT2D eigenvalue weighted by Gasteiger charge is -2.25. The molecule has 0 saturated carbocycles. The maximum Gasteiger partial charge on any atom is 0.162 e. The maximum absolute atomic E-state index is 5.37. The van der Waals surface area contributed by atoms with Crippen molar-refractivity contribution < 1.29 is 4.74 Å². The number of para-hydroxylation sites is 1. The molecule has 140 valence electrons. The first-order valence-corrected chi connectivity index (χ1v) is 9.30. The Balaban J connectivity index is 1.83. The van der Waals surface area contributed by atoms with Crippen LogP contribution in [0.25, 0.3) is 22.3 Å². The topological polar surface area (TPSA) is 51.1 Å². The van der Waals surface area contributed by atoms with E-state index >= 15 is 0 Å². The van der Waals surface area contributed by atoms with Crippen LogP contribution in [0.1, 0.15) is 5.56 Å². The summed E-state index contributed by atoms with van der Waals surface area (Å²) in [5.74, 6) is 1.62. The number of hydrogen-bond donors (Lipinski definition) is 0. The van der Waals surface area contributed by atoms with Crippen LogP contribution >= 0.6 is 0 Å². The molecular formula is C23H22N4O. The molecule has 28 heavy (non-hydrogen) atoms. The Morgan fingerprint density at radius 2 is 1.61 bits per heavy atom. The zero-order chi connectivity index (χ0) is 19.2. The normalized spacial score (nSPS) is 10.9. The molecule has 2 aromatic heterocycles. The van der Waals surface area contributed by atoms with Gasteiger partial charge in [-0.05, 0) is 29.8 Å². The first-order chi connectivity index (χ1) is 13.8. The van der Waals surface area contributed by atoms with Gasteiger partial charge in [-0.25, -0.2) is 9.97 Å². The number of fused-ring (bicyclic) bond motifs is 1. The van der Waals surface area contributed by atoms with Crippen molar-refractivity contribution in [1.29, 1.82) is 0 Å². The minimum atomic E-state index is 0.621. The van der Waals surface area contributed by atoms with Crippen molar-refractivity contribution >= 4 is 16.7 Å². The zero-order valence-corrected chi connectivity index (χ0v) is 15.8. The average Bonchev–Trinajstić information content (AvgIpc) is 2.77. The molecule has 2 aromatic carbocycles. The summed E-state index contributed by atoms with van der Waals surface area (Å²) in [5.41, 5.74) is 3.11. The van der Waals surface area contributed by atoms with E-state index < -0.39 is 0 Å². The van der Waals surface area contributed by atoms with E-state index in [1.807, 2.05) is 36.4 Å². The van der Waals surface area contributed by atoms with Crippen LogP contribution in [0, 0.1) is 0 Å². The Kier molecular flexibility index (Phi) is 5.54. The van der Waals surface area contributed by atoms with Gasteiger partial charge in [-0.1, -0.05) is 42.5 Å². The fourth-order valence-corrected chi connectivity index (χ4v) is 3.20. The van der Waals surface area contributed by atoms with Crippen LogP contribution in [0.2, 0.25) is 0 Å². The second-order valence-electron chi connectivity index (χ2n) is 6.52. The molecule has 5 heteroatoms. The zero-order valence-electron chi connectivity index (χ0n) is 15.8. The second-order valence-corrected chi connectivity index (χ2v) is 6.52. The Morgan fingerprint density at radius 1 is 0.857 bits per heavy atom. The number of benzene rings is 2. The van der Waals surface area contributed by atoms with Crippen molar-refractivity contribution in [3.05, 3.63) is 84.7 Å². The minimum absolute atomic E-state index is 0.621. The predicted octanol–water partition coefficient (Wildman–Crippen LogP) is 4.34. The van der Waals surface area contributed by atoms with Crippen LogP contribution < -0.4 is 4.90 Å². The van der Waals surface area contributed by atoms with E-state index in [-0.39, 0.29) is 0 Å². The van der Waals surface area contributed by atoms with Crippen molar-refractivity contribution in [2.24, 2.45) is 0 Å². The third-order valence-corrected chi connectivity index (χ3v) is 4.60. The number of methoxy groups -OCH3 is 1. The number of rotatable bonds is 7. The number of ether oxygens (including phenoxy) is 1. The molecular weight excluding hydrogens is 348 g/mol. The second kappa shape index (κ2) is 8.59. The van der Waals surface area contributed by atoms with Gasteiger partial charge in [-0.3, -0.25) is 4.98 Å². The van der Waals surface area contributed by atoms with Gasteiger partial charge in [0, 0.05) is 43.5 Å². The molecule has 0 fully saturated rings. The lowest BCUT2D eigenvalue weighted by molar-refractivity contribution is 0.205. The molecule has 0 bridgehead atoms. The highest BCUT2D eigenvalue weighted by atomic mass is 16.5. The van der Waals surface area contributed by atoms with E-state index in [2.05, 4.69) is 40.2 Å². The Labute approximate surface area is 164 Å². The number of nitrogens with zero attached hydrogens (tertiary/aromatic N) is 4. The van der Waals surface area contributed by atoms with Gasteiger partial charge in [0.15, 0.2) is 5.82 Å². The third-order valence-electron chi connectivity index (χ3n) is 4.60. The summed E-state index contributed by atoms with van der Waals surface area (Å²) in [6, 6.07) is 22.4. The van der Waals surface area contributed by atoms with Gasteiger partial charge in [0.05, 0.1) is 12.1 Å². The van der Waals surface area contributed by atoms with Crippen molar-refractivity contribution in [3.63, 3.8) is 0 Å². The molecule has 0 aliphatic heterocycles. The predicted molar refractivity (Wildman–Crippen MR) is 112 cm³/mol. The Bertz CT molecular complexity index is 1040. The van der Waals surface area contributed by atoms with E-state index in [0.717, 1.165) is 35.4 Å².